The molecular weight excluding hydrogens is 448 g/mol. The molecule has 2 atom stereocenters. The van der Waals surface area contributed by atoms with Gasteiger partial charge in [-0.15, -0.1) is 0 Å². The van der Waals surface area contributed by atoms with Gasteiger partial charge in [0.1, 0.15) is 11.9 Å². The number of amides is 2. The van der Waals surface area contributed by atoms with Crippen molar-refractivity contribution >= 4 is 23.4 Å². The van der Waals surface area contributed by atoms with Gasteiger partial charge in [-0.1, -0.05) is 43.0 Å². The molecule has 0 saturated heterocycles. The van der Waals surface area contributed by atoms with Gasteiger partial charge < -0.3 is 14.5 Å². The Morgan fingerprint density at radius 2 is 1.65 bits per heavy atom. The minimum Gasteiger partial charge on any atom is -0.487 e. The summed E-state index contributed by atoms with van der Waals surface area (Å²) < 4.78 is 6.58. The van der Waals surface area contributed by atoms with Gasteiger partial charge in [0.15, 0.2) is 0 Å². The van der Waals surface area contributed by atoms with Crippen molar-refractivity contribution in [3.05, 3.63) is 64.7 Å². The lowest BCUT2D eigenvalue weighted by Crippen LogP contribution is -2.51. The van der Waals surface area contributed by atoms with E-state index in [-0.39, 0.29) is 24.0 Å². The molecule has 4 rings (SSSR count). The van der Waals surface area contributed by atoms with Gasteiger partial charge in [-0.25, -0.2) is 0 Å². The third kappa shape index (κ3) is 5.75. The molecule has 6 heteroatoms. The summed E-state index contributed by atoms with van der Waals surface area (Å²) in [6.07, 6.45) is 7.73. The Balaban J connectivity index is 1.67. The summed E-state index contributed by atoms with van der Waals surface area (Å²) in [6.45, 7) is 4.16. The Morgan fingerprint density at radius 3 is 2.41 bits per heavy atom. The number of rotatable bonds is 2. The zero-order valence-corrected chi connectivity index (χ0v) is 20.8. The zero-order valence-electron chi connectivity index (χ0n) is 20.0. The maximum absolute atomic E-state index is 13.7. The second-order valence-corrected chi connectivity index (χ2v) is 9.75. The summed E-state index contributed by atoms with van der Waals surface area (Å²) in [5.74, 6) is 0.682. The number of fused-ring (bicyclic) bond motifs is 2. The molecule has 34 heavy (non-hydrogen) atoms. The molecule has 0 unspecified atom stereocenters. The summed E-state index contributed by atoms with van der Waals surface area (Å²) in [5.41, 5.74) is 1.27. The molecule has 1 aliphatic heterocycles. The third-order valence-electron chi connectivity index (χ3n) is 7.06. The molecule has 0 spiro atoms. The molecule has 1 saturated carbocycles. The van der Waals surface area contributed by atoms with Gasteiger partial charge in [0.25, 0.3) is 11.8 Å². The number of carbonyl (C=O) groups is 2. The van der Waals surface area contributed by atoms with Crippen molar-refractivity contribution in [1.82, 2.24) is 9.80 Å². The van der Waals surface area contributed by atoms with E-state index in [0.717, 1.165) is 57.9 Å². The van der Waals surface area contributed by atoms with Crippen LogP contribution in [0.4, 0.5) is 0 Å². The van der Waals surface area contributed by atoms with Gasteiger partial charge in [-0.2, -0.15) is 0 Å². The van der Waals surface area contributed by atoms with Crippen LogP contribution in [0.3, 0.4) is 0 Å². The maximum Gasteiger partial charge on any atom is 0.257 e. The lowest BCUT2D eigenvalue weighted by atomic mass is 9.90. The number of hydrogen-bond donors (Lipinski definition) is 0. The fourth-order valence-corrected chi connectivity index (χ4v) is 5.29. The Kier molecular flexibility index (Phi) is 8.49. The number of ether oxygens (including phenoxy) is 1. The second kappa shape index (κ2) is 11.7. The van der Waals surface area contributed by atoms with E-state index in [0.29, 0.717) is 35.0 Å². The van der Waals surface area contributed by atoms with Crippen LogP contribution in [0.1, 0.15) is 79.0 Å². The van der Waals surface area contributed by atoms with E-state index in [1.165, 1.54) is 0 Å². The first kappa shape index (κ1) is 24.6. The SMILES string of the molecule is CCN1CCCCCCN(C(=O)c2ccc(Cl)cc2)[C@@H]2CCCC[C@@H]2Oc2ccccc2C1=O. The first-order valence-electron chi connectivity index (χ1n) is 12.7. The van der Waals surface area contributed by atoms with E-state index in [2.05, 4.69) is 0 Å². The number of para-hydroxylation sites is 1. The minimum absolute atomic E-state index is 0.0229. The average Bonchev–Trinajstić information content (AvgIpc) is 2.86. The monoisotopic (exact) mass is 482 g/mol. The van der Waals surface area contributed by atoms with Crippen LogP contribution >= 0.6 is 11.6 Å². The predicted octanol–water partition coefficient (Wildman–Crippen LogP) is 6.21. The highest BCUT2D eigenvalue weighted by molar-refractivity contribution is 6.30. The van der Waals surface area contributed by atoms with E-state index in [9.17, 15) is 9.59 Å². The van der Waals surface area contributed by atoms with Gasteiger partial charge in [0, 0.05) is 30.2 Å². The molecule has 1 fully saturated rings. The molecule has 0 N–H and O–H groups in total. The maximum atomic E-state index is 13.7. The van der Waals surface area contributed by atoms with Crippen LogP contribution in [0, 0.1) is 0 Å². The topological polar surface area (TPSA) is 49.9 Å². The standard InChI is InChI=1S/C28H35ClN2O3/c1-2-30-19-9-3-4-10-20-31(27(32)21-15-17-22(29)18-16-21)24-12-6-8-14-26(24)34-25-13-7-5-11-23(25)28(30)33/h5,7,11,13,15-18,24,26H,2-4,6,8-10,12,14,19-20H2,1H3/t24-,26+/m1/s1. The molecule has 2 amide bonds. The lowest BCUT2D eigenvalue weighted by Gasteiger charge is -2.40. The van der Waals surface area contributed by atoms with E-state index in [1.54, 1.807) is 12.1 Å². The molecule has 0 bridgehead atoms. The van der Waals surface area contributed by atoms with Gasteiger partial charge in [-0.05, 0) is 75.4 Å². The molecule has 182 valence electrons. The van der Waals surface area contributed by atoms with E-state index in [4.69, 9.17) is 16.3 Å². The summed E-state index contributed by atoms with van der Waals surface area (Å²) in [6, 6.07) is 14.7. The van der Waals surface area contributed by atoms with Crippen molar-refractivity contribution in [2.75, 3.05) is 19.6 Å². The molecule has 5 nitrogen and oxygen atoms in total. The Labute approximate surface area is 208 Å². The van der Waals surface area contributed by atoms with Crippen molar-refractivity contribution < 1.29 is 14.3 Å². The summed E-state index contributed by atoms with van der Waals surface area (Å²) in [7, 11) is 0. The molecule has 2 aromatic rings. The van der Waals surface area contributed by atoms with Crippen molar-refractivity contribution in [3.63, 3.8) is 0 Å². The Bertz CT molecular complexity index is 978. The van der Waals surface area contributed by atoms with Crippen molar-refractivity contribution in [1.29, 1.82) is 0 Å². The number of benzene rings is 2. The van der Waals surface area contributed by atoms with Crippen molar-refractivity contribution in [3.8, 4) is 5.75 Å². The van der Waals surface area contributed by atoms with Gasteiger partial charge in [0.2, 0.25) is 0 Å². The second-order valence-electron chi connectivity index (χ2n) is 9.31. The minimum atomic E-state index is -0.142. The molecule has 2 aliphatic rings. The first-order chi connectivity index (χ1) is 16.6. The summed E-state index contributed by atoms with van der Waals surface area (Å²) >= 11 is 6.07. The van der Waals surface area contributed by atoms with E-state index < -0.39 is 0 Å². The van der Waals surface area contributed by atoms with Crippen LogP contribution < -0.4 is 4.74 Å². The van der Waals surface area contributed by atoms with Gasteiger partial charge in [-0.3, -0.25) is 9.59 Å². The molecule has 2 aromatic carbocycles. The number of hydrogen-bond acceptors (Lipinski definition) is 3. The number of nitrogens with zero attached hydrogens (tertiary/aromatic N) is 2. The van der Waals surface area contributed by atoms with Gasteiger partial charge >= 0.3 is 0 Å². The van der Waals surface area contributed by atoms with Crippen molar-refractivity contribution in [2.24, 2.45) is 0 Å². The molecule has 1 aliphatic carbocycles. The number of carbonyl (C=O) groups excluding carboxylic acids is 2. The highest BCUT2D eigenvalue weighted by Gasteiger charge is 2.35. The molecule has 0 radical (unpaired) electrons. The Morgan fingerprint density at radius 1 is 0.941 bits per heavy atom. The van der Waals surface area contributed by atoms with E-state index >= 15 is 0 Å². The highest BCUT2D eigenvalue weighted by atomic mass is 35.5. The van der Waals surface area contributed by atoms with Crippen LogP contribution in [0.5, 0.6) is 5.75 Å². The zero-order chi connectivity index (χ0) is 23.9. The van der Waals surface area contributed by atoms with E-state index in [1.807, 2.05) is 53.1 Å². The fraction of sp³-hybridized carbons (Fsp3) is 0.500. The highest BCUT2D eigenvalue weighted by Crippen LogP contribution is 2.31. The smallest absolute Gasteiger partial charge is 0.257 e. The average molecular weight is 483 g/mol. The molecule has 0 aromatic heterocycles. The van der Waals surface area contributed by atoms with Crippen LogP contribution in [0.2, 0.25) is 5.02 Å². The molecular formula is C28H35ClN2O3. The largest absolute Gasteiger partial charge is 0.487 e. The summed E-state index contributed by atoms with van der Waals surface area (Å²) in [5, 5.41) is 0.624. The van der Waals surface area contributed by atoms with Crippen LogP contribution in [-0.2, 0) is 0 Å². The van der Waals surface area contributed by atoms with Crippen LogP contribution in [0.15, 0.2) is 48.5 Å². The van der Waals surface area contributed by atoms with Gasteiger partial charge in [0.05, 0.1) is 11.6 Å². The Hall–Kier alpha value is -2.53. The summed E-state index contributed by atoms with van der Waals surface area (Å²) in [4.78, 5) is 31.0. The lowest BCUT2D eigenvalue weighted by molar-refractivity contribution is 0.0267. The quantitative estimate of drug-likeness (QED) is 0.511. The third-order valence-corrected chi connectivity index (χ3v) is 7.31. The fourth-order valence-electron chi connectivity index (χ4n) is 5.17. The molecule has 1 heterocycles. The normalized spacial score (nSPS) is 22.2. The predicted molar refractivity (Wildman–Crippen MR) is 136 cm³/mol. The first-order valence-corrected chi connectivity index (χ1v) is 13.1. The van der Waals surface area contributed by atoms with Crippen LogP contribution in [-0.4, -0.2) is 53.4 Å². The van der Waals surface area contributed by atoms with Crippen molar-refractivity contribution in [2.45, 2.75) is 70.4 Å². The van der Waals surface area contributed by atoms with Crippen LogP contribution in [0.25, 0.3) is 0 Å². The number of halogens is 1.